The first-order chi connectivity index (χ1) is 13.6. The van der Waals surface area contributed by atoms with E-state index in [4.69, 9.17) is 5.73 Å². The van der Waals surface area contributed by atoms with Crippen LogP contribution in [0.4, 0.5) is 0 Å². The molecule has 4 nitrogen and oxygen atoms in total. The van der Waals surface area contributed by atoms with E-state index in [1.165, 1.54) is 19.3 Å². The lowest BCUT2D eigenvalue weighted by molar-refractivity contribution is 0.399. The Morgan fingerprint density at radius 1 is 0.821 bits per heavy atom. The van der Waals surface area contributed by atoms with E-state index >= 15 is 0 Å². The van der Waals surface area contributed by atoms with E-state index in [1.807, 2.05) is 60.7 Å². The molecule has 1 aliphatic rings. The van der Waals surface area contributed by atoms with Crippen molar-refractivity contribution in [3.05, 3.63) is 71.8 Å². The Morgan fingerprint density at radius 2 is 1.32 bits per heavy atom. The SMILES string of the molecule is NC(c1ccccc1)C(NS(=O)(=O)CC1CCCCCCC1)c1ccccc1. The molecular formula is C23H32N2O2S. The number of hydrogen-bond acceptors (Lipinski definition) is 3. The third-order valence-electron chi connectivity index (χ3n) is 5.69. The van der Waals surface area contributed by atoms with Crippen molar-refractivity contribution in [3.63, 3.8) is 0 Å². The van der Waals surface area contributed by atoms with Gasteiger partial charge < -0.3 is 5.73 Å². The third kappa shape index (κ3) is 6.16. The number of benzene rings is 2. The molecule has 0 saturated heterocycles. The molecule has 5 heteroatoms. The van der Waals surface area contributed by atoms with Crippen LogP contribution < -0.4 is 10.5 Å². The van der Waals surface area contributed by atoms with Crippen molar-refractivity contribution in [2.24, 2.45) is 11.7 Å². The Bertz CT molecular complexity index is 801. The first-order valence-corrected chi connectivity index (χ1v) is 12.1. The van der Waals surface area contributed by atoms with Crippen LogP contribution in [0.5, 0.6) is 0 Å². The quantitative estimate of drug-likeness (QED) is 0.707. The fraction of sp³-hybridized carbons (Fsp3) is 0.478. The highest BCUT2D eigenvalue weighted by molar-refractivity contribution is 7.89. The van der Waals surface area contributed by atoms with Gasteiger partial charge in [-0.05, 0) is 29.9 Å². The zero-order valence-corrected chi connectivity index (χ0v) is 17.3. The number of nitrogens with two attached hydrogens (primary N) is 1. The normalized spacial score (nSPS) is 18.8. The van der Waals surface area contributed by atoms with Gasteiger partial charge >= 0.3 is 0 Å². The molecule has 0 amide bonds. The molecule has 1 saturated carbocycles. The first kappa shape index (κ1) is 21.0. The lowest BCUT2D eigenvalue weighted by atomic mass is 9.93. The molecule has 2 unspecified atom stereocenters. The lowest BCUT2D eigenvalue weighted by Gasteiger charge is -2.27. The van der Waals surface area contributed by atoms with E-state index in [1.54, 1.807) is 0 Å². The van der Waals surface area contributed by atoms with Gasteiger partial charge in [0.1, 0.15) is 0 Å². The Kier molecular flexibility index (Phi) is 7.65. The summed E-state index contributed by atoms with van der Waals surface area (Å²) in [5.74, 6) is 0.430. The van der Waals surface area contributed by atoms with Crippen LogP contribution in [0.15, 0.2) is 60.7 Å². The predicted molar refractivity (Wildman–Crippen MR) is 115 cm³/mol. The zero-order valence-electron chi connectivity index (χ0n) is 16.5. The van der Waals surface area contributed by atoms with E-state index in [9.17, 15) is 8.42 Å². The smallest absolute Gasteiger partial charge is 0.212 e. The summed E-state index contributed by atoms with van der Waals surface area (Å²) in [4.78, 5) is 0. The second kappa shape index (κ2) is 10.2. The van der Waals surface area contributed by atoms with Crippen LogP contribution in [0.2, 0.25) is 0 Å². The summed E-state index contributed by atoms with van der Waals surface area (Å²) >= 11 is 0. The zero-order chi connectivity index (χ0) is 19.8. The minimum Gasteiger partial charge on any atom is -0.322 e. The van der Waals surface area contributed by atoms with Crippen LogP contribution >= 0.6 is 0 Å². The molecule has 2 aromatic carbocycles. The Morgan fingerprint density at radius 3 is 1.89 bits per heavy atom. The number of hydrogen-bond donors (Lipinski definition) is 2. The average Bonchev–Trinajstić information content (AvgIpc) is 2.69. The van der Waals surface area contributed by atoms with E-state index in [2.05, 4.69) is 4.72 Å². The molecule has 3 N–H and O–H groups in total. The minimum absolute atomic E-state index is 0.192. The Labute approximate surface area is 169 Å². The summed E-state index contributed by atoms with van der Waals surface area (Å²) in [6, 6.07) is 18.4. The maximum atomic E-state index is 13.0. The fourth-order valence-corrected chi connectivity index (χ4v) is 5.86. The summed E-state index contributed by atoms with van der Waals surface area (Å²) in [7, 11) is -3.44. The topological polar surface area (TPSA) is 72.2 Å². The van der Waals surface area contributed by atoms with Gasteiger partial charge in [-0.3, -0.25) is 0 Å². The number of sulfonamides is 1. The summed E-state index contributed by atoms with van der Waals surface area (Å²) in [6.45, 7) is 0. The summed E-state index contributed by atoms with van der Waals surface area (Å²) in [5, 5.41) is 0. The van der Waals surface area contributed by atoms with E-state index in [0.29, 0.717) is 0 Å². The monoisotopic (exact) mass is 400 g/mol. The average molecular weight is 401 g/mol. The molecule has 1 aliphatic carbocycles. The highest BCUT2D eigenvalue weighted by Gasteiger charge is 2.28. The highest BCUT2D eigenvalue weighted by atomic mass is 32.2. The molecule has 0 spiro atoms. The van der Waals surface area contributed by atoms with Crippen molar-refractivity contribution in [1.29, 1.82) is 0 Å². The molecular weight excluding hydrogens is 368 g/mol. The molecule has 2 atom stereocenters. The molecule has 152 valence electrons. The standard InChI is InChI=1S/C23H32N2O2S/c24-22(20-14-8-4-9-15-20)23(21-16-10-5-11-17-21)25-28(26,27)18-19-12-6-2-1-3-7-13-19/h4-5,8-11,14-17,19,22-23,25H,1-3,6-7,12-13,18,24H2. The molecule has 3 rings (SSSR count). The van der Waals surface area contributed by atoms with Crippen molar-refractivity contribution in [3.8, 4) is 0 Å². The van der Waals surface area contributed by atoms with Gasteiger partial charge in [-0.25, -0.2) is 13.1 Å². The van der Waals surface area contributed by atoms with Crippen molar-refractivity contribution < 1.29 is 8.42 Å². The summed E-state index contributed by atoms with van der Waals surface area (Å²) in [5.41, 5.74) is 8.34. The molecule has 0 aliphatic heterocycles. The van der Waals surface area contributed by atoms with E-state index in [0.717, 1.165) is 36.8 Å². The van der Waals surface area contributed by atoms with Crippen molar-refractivity contribution in [2.45, 2.75) is 57.0 Å². The molecule has 1 fully saturated rings. The second-order valence-electron chi connectivity index (χ2n) is 7.94. The summed E-state index contributed by atoms with van der Waals surface area (Å²) < 4.78 is 29.0. The number of rotatable bonds is 7. The Hall–Kier alpha value is -1.69. The molecule has 2 aromatic rings. The van der Waals surface area contributed by atoms with Gasteiger partial charge in [0.05, 0.1) is 17.8 Å². The Balaban J connectivity index is 1.78. The summed E-state index contributed by atoms with van der Waals surface area (Å²) in [6.07, 6.45) is 7.98. The molecule has 0 aromatic heterocycles. The van der Waals surface area contributed by atoms with Gasteiger partial charge in [0, 0.05) is 0 Å². The predicted octanol–water partition coefficient (Wildman–Crippen LogP) is 4.71. The van der Waals surface area contributed by atoms with Crippen molar-refractivity contribution in [2.75, 3.05) is 5.75 Å². The van der Waals surface area contributed by atoms with Crippen LogP contribution in [0.1, 0.15) is 68.2 Å². The van der Waals surface area contributed by atoms with Crippen molar-refractivity contribution in [1.82, 2.24) is 4.72 Å². The van der Waals surface area contributed by atoms with Gasteiger partial charge in [-0.1, -0.05) is 92.8 Å². The van der Waals surface area contributed by atoms with Crippen LogP contribution in [0.3, 0.4) is 0 Å². The largest absolute Gasteiger partial charge is 0.322 e. The van der Waals surface area contributed by atoms with Gasteiger partial charge in [-0.15, -0.1) is 0 Å². The van der Waals surface area contributed by atoms with Gasteiger partial charge in [0.25, 0.3) is 0 Å². The van der Waals surface area contributed by atoms with Crippen LogP contribution in [-0.4, -0.2) is 14.2 Å². The molecule has 0 bridgehead atoms. The minimum atomic E-state index is -3.44. The van der Waals surface area contributed by atoms with Crippen LogP contribution in [0, 0.1) is 5.92 Å². The number of nitrogens with one attached hydrogen (secondary N) is 1. The van der Waals surface area contributed by atoms with Gasteiger partial charge in [0.15, 0.2) is 0 Å². The van der Waals surface area contributed by atoms with Crippen LogP contribution in [0.25, 0.3) is 0 Å². The van der Waals surface area contributed by atoms with Gasteiger partial charge in [-0.2, -0.15) is 0 Å². The highest BCUT2D eigenvalue weighted by Crippen LogP contribution is 2.29. The van der Waals surface area contributed by atoms with E-state index < -0.39 is 22.1 Å². The lowest BCUT2D eigenvalue weighted by Crippen LogP contribution is -2.38. The first-order valence-electron chi connectivity index (χ1n) is 10.4. The second-order valence-corrected chi connectivity index (χ2v) is 9.73. The maximum Gasteiger partial charge on any atom is 0.212 e. The fourth-order valence-electron chi connectivity index (χ4n) is 4.14. The molecule has 0 heterocycles. The maximum absolute atomic E-state index is 13.0. The van der Waals surface area contributed by atoms with Gasteiger partial charge in [0.2, 0.25) is 10.0 Å². The van der Waals surface area contributed by atoms with Crippen LogP contribution in [-0.2, 0) is 10.0 Å². The van der Waals surface area contributed by atoms with Crippen molar-refractivity contribution >= 4 is 10.0 Å². The third-order valence-corrected chi connectivity index (χ3v) is 7.21. The van der Waals surface area contributed by atoms with E-state index in [-0.39, 0.29) is 11.7 Å². The molecule has 0 radical (unpaired) electrons. The molecule has 28 heavy (non-hydrogen) atoms.